The topological polar surface area (TPSA) is 20.7 Å². The number of nitrogens with one attached hydrogen (secondary N) is 1. The first-order valence-electron chi connectivity index (χ1n) is 5.52. The molecule has 0 radical (unpaired) electrons. The van der Waals surface area contributed by atoms with Crippen LogP contribution in [-0.4, -0.2) is 9.55 Å². The highest BCUT2D eigenvalue weighted by Crippen LogP contribution is 2.29. The third-order valence-electron chi connectivity index (χ3n) is 2.87. The van der Waals surface area contributed by atoms with E-state index < -0.39 is 0 Å². The van der Waals surface area contributed by atoms with E-state index in [0.717, 1.165) is 20.1 Å². The number of fused-ring (bicyclic) bond motifs is 1. The van der Waals surface area contributed by atoms with Gasteiger partial charge in [-0.1, -0.05) is 15.9 Å². The molecule has 0 atom stereocenters. The Morgan fingerprint density at radius 1 is 1.20 bits per heavy atom. The van der Waals surface area contributed by atoms with E-state index >= 15 is 0 Å². The summed E-state index contributed by atoms with van der Waals surface area (Å²) in [5, 5.41) is 0. The van der Waals surface area contributed by atoms with E-state index in [1.165, 1.54) is 6.07 Å². The van der Waals surface area contributed by atoms with E-state index in [-0.39, 0.29) is 5.82 Å². The van der Waals surface area contributed by atoms with Gasteiger partial charge in [0.05, 0.1) is 20.3 Å². The number of benzene rings is 2. The van der Waals surface area contributed by atoms with Gasteiger partial charge in [0.2, 0.25) is 0 Å². The number of imidazole rings is 1. The van der Waals surface area contributed by atoms with Crippen LogP contribution in [0.25, 0.3) is 16.7 Å². The number of aromatic nitrogens is 2. The molecule has 0 aliphatic carbocycles. The van der Waals surface area contributed by atoms with Gasteiger partial charge in [-0.2, -0.15) is 0 Å². The Kier molecular flexibility index (Phi) is 4.04. The van der Waals surface area contributed by atoms with Crippen molar-refractivity contribution in [2.45, 2.75) is 0 Å². The van der Waals surface area contributed by atoms with Gasteiger partial charge >= 0.3 is 0 Å². The van der Waals surface area contributed by atoms with Crippen LogP contribution >= 0.6 is 66.7 Å². The first-order valence-corrected chi connectivity index (χ1v) is 8.60. The summed E-state index contributed by atoms with van der Waals surface area (Å²) in [6.45, 7) is 0. The monoisotopic (exact) mass is 526 g/mol. The molecule has 1 aromatic heterocycles. The maximum Gasteiger partial charge on any atom is 0.182 e. The van der Waals surface area contributed by atoms with E-state index in [1.54, 1.807) is 6.07 Å². The summed E-state index contributed by atoms with van der Waals surface area (Å²) in [6.07, 6.45) is 0. The molecule has 0 bridgehead atoms. The number of rotatable bonds is 1. The Morgan fingerprint density at radius 2 is 1.95 bits per heavy atom. The van der Waals surface area contributed by atoms with Gasteiger partial charge in [0.1, 0.15) is 5.82 Å². The molecule has 1 heterocycles. The Balaban J connectivity index is 2.42. The maximum atomic E-state index is 13.8. The number of halogens is 4. The van der Waals surface area contributed by atoms with Crippen LogP contribution < -0.4 is 0 Å². The maximum absolute atomic E-state index is 13.8. The molecule has 20 heavy (non-hydrogen) atoms. The van der Waals surface area contributed by atoms with Gasteiger partial charge in [-0.15, -0.1) is 0 Å². The van der Waals surface area contributed by atoms with E-state index in [0.29, 0.717) is 13.9 Å². The van der Waals surface area contributed by atoms with Gasteiger partial charge in [-0.3, -0.25) is 4.57 Å². The zero-order valence-electron chi connectivity index (χ0n) is 9.75. The van der Waals surface area contributed by atoms with Crippen LogP contribution in [0.1, 0.15) is 0 Å². The SMILES string of the molecule is Fc1cc2c(cc1I)[nH]c(=S)n2-c1cc(Br)ccc1Br. The van der Waals surface area contributed by atoms with Crippen molar-refractivity contribution in [2.75, 3.05) is 0 Å². The van der Waals surface area contributed by atoms with Crippen molar-refractivity contribution in [1.29, 1.82) is 0 Å². The van der Waals surface area contributed by atoms with Gasteiger partial charge in [-0.05, 0) is 75.0 Å². The van der Waals surface area contributed by atoms with Crippen molar-refractivity contribution in [3.05, 3.63) is 53.4 Å². The number of aromatic amines is 1. The lowest BCUT2D eigenvalue weighted by molar-refractivity contribution is 0.622. The lowest BCUT2D eigenvalue weighted by atomic mass is 10.2. The summed E-state index contributed by atoms with van der Waals surface area (Å²) in [5.41, 5.74) is 2.38. The van der Waals surface area contributed by atoms with Crippen molar-refractivity contribution < 1.29 is 4.39 Å². The second kappa shape index (κ2) is 5.51. The summed E-state index contributed by atoms with van der Waals surface area (Å²) >= 11 is 14.3. The highest BCUT2D eigenvalue weighted by atomic mass is 127. The molecule has 0 amide bonds. The van der Waals surface area contributed by atoms with Gasteiger partial charge in [-0.25, -0.2) is 4.39 Å². The molecule has 3 rings (SSSR count). The summed E-state index contributed by atoms with van der Waals surface area (Å²) in [5.74, 6) is -0.257. The Morgan fingerprint density at radius 3 is 2.70 bits per heavy atom. The molecule has 0 aliphatic rings. The minimum Gasteiger partial charge on any atom is -0.330 e. The van der Waals surface area contributed by atoms with Gasteiger partial charge in [0.15, 0.2) is 4.77 Å². The molecule has 2 aromatic carbocycles. The Hall–Kier alpha value is -0.250. The normalized spacial score (nSPS) is 11.2. The minimum atomic E-state index is -0.257. The first kappa shape index (κ1) is 14.7. The molecule has 1 N–H and O–H groups in total. The van der Waals surface area contributed by atoms with Crippen molar-refractivity contribution in [1.82, 2.24) is 9.55 Å². The average Bonchev–Trinajstić information content (AvgIpc) is 2.69. The molecule has 2 nitrogen and oxygen atoms in total. The summed E-state index contributed by atoms with van der Waals surface area (Å²) in [7, 11) is 0. The van der Waals surface area contributed by atoms with Crippen LogP contribution in [-0.2, 0) is 0 Å². The van der Waals surface area contributed by atoms with Gasteiger partial charge in [0, 0.05) is 15.0 Å². The van der Waals surface area contributed by atoms with Crippen LogP contribution in [0, 0.1) is 14.2 Å². The third-order valence-corrected chi connectivity index (χ3v) is 5.15. The zero-order chi connectivity index (χ0) is 14.4. The molecule has 3 aromatic rings. The average molecular weight is 528 g/mol. The number of H-pyrrole nitrogens is 1. The van der Waals surface area contributed by atoms with Crippen LogP contribution in [0.15, 0.2) is 39.3 Å². The Labute approximate surface area is 149 Å². The van der Waals surface area contributed by atoms with Gasteiger partial charge in [0.25, 0.3) is 0 Å². The molecule has 102 valence electrons. The quantitative estimate of drug-likeness (QED) is 0.306. The lowest BCUT2D eigenvalue weighted by Gasteiger charge is -2.08. The fraction of sp³-hybridized carbons (Fsp3) is 0. The molecule has 7 heteroatoms. The van der Waals surface area contributed by atoms with E-state index in [2.05, 4.69) is 36.8 Å². The van der Waals surface area contributed by atoms with Gasteiger partial charge < -0.3 is 4.98 Å². The van der Waals surface area contributed by atoms with Crippen LogP contribution in [0.2, 0.25) is 0 Å². The molecule has 0 fully saturated rings. The van der Waals surface area contributed by atoms with Crippen molar-refractivity contribution in [2.24, 2.45) is 0 Å². The van der Waals surface area contributed by atoms with E-state index in [4.69, 9.17) is 12.2 Å². The van der Waals surface area contributed by atoms with Crippen LogP contribution in [0.4, 0.5) is 4.39 Å². The van der Waals surface area contributed by atoms with Crippen molar-refractivity contribution in [3.63, 3.8) is 0 Å². The smallest absolute Gasteiger partial charge is 0.182 e. The standard InChI is InChI=1S/C13H6Br2FIN2S/c14-6-1-2-7(15)11(3-6)19-12-4-8(16)9(17)5-10(12)18-13(19)20/h1-5H,(H,18,20). The molecule has 0 saturated carbocycles. The molecule has 0 aliphatic heterocycles. The summed E-state index contributed by atoms with van der Waals surface area (Å²) in [6, 6.07) is 9.03. The fourth-order valence-corrected chi connectivity index (χ4v) is 3.55. The lowest BCUT2D eigenvalue weighted by Crippen LogP contribution is -1.96. The second-order valence-electron chi connectivity index (χ2n) is 4.14. The largest absolute Gasteiger partial charge is 0.330 e. The third kappa shape index (κ3) is 2.49. The predicted octanol–water partition coefficient (Wildman–Crippen LogP) is 5.96. The van der Waals surface area contributed by atoms with Crippen LogP contribution in [0.3, 0.4) is 0 Å². The highest BCUT2D eigenvalue weighted by Gasteiger charge is 2.12. The number of hydrogen-bond donors (Lipinski definition) is 1. The molecule has 0 spiro atoms. The second-order valence-corrected chi connectivity index (χ2v) is 7.46. The fourth-order valence-electron chi connectivity index (χ4n) is 2.00. The molecule has 0 unspecified atom stereocenters. The Bertz CT molecular complexity index is 888. The molecule has 0 saturated heterocycles. The van der Waals surface area contributed by atoms with E-state index in [9.17, 15) is 4.39 Å². The highest BCUT2D eigenvalue weighted by molar-refractivity contribution is 14.1. The predicted molar refractivity (Wildman–Crippen MR) is 96.5 cm³/mol. The summed E-state index contributed by atoms with van der Waals surface area (Å²) in [4.78, 5) is 3.11. The van der Waals surface area contributed by atoms with Crippen LogP contribution in [0.5, 0.6) is 0 Å². The zero-order valence-corrected chi connectivity index (χ0v) is 15.9. The number of nitrogens with zero attached hydrogens (tertiary/aromatic N) is 1. The molecular formula is C13H6Br2FIN2S. The summed E-state index contributed by atoms with van der Waals surface area (Å²) < 4.78 is 18.6. The minimum absolute atomic E-state index is 0.257. The molecular weight excluding hydrogens is 522 g/mol. The van der Waals surface area contributed by atoms with E-state index in [1.807, 2.05) is 45.4 Å². The number of hydrogen-bond acceptors (Lipinski definition) is 1. The first-order chi connectivity index (χ1) is 9.47. The van der Waals surface area contributed by atoms with Crippen molar-refractivity contribution >= 4 is 77.7 Å². The van der Waals surface area contributed by atoms with Crippen molar-refractivity contribution in [3.8, 4) is 5.69 Å².